The fourth-order valence-corrected chi connectivity index (χ4v) is 2.64. The van der Waals surface area contributed by atoms with Crippen molar-refractivity contribution in [3.8, 4) is 0 Å². The molecule has 1 aromatic carbocycles. The van der Waals surface area contributed by atoms with Crippen molar-refractivity contribution in [3.05, 3.63) is 35.4 Å². The molecule has 6 heteroatoms. The van der Waals surface area contributed by atoms with Gasteiger partial charge in [-0.3, -0.25) is 0 Å². The molecule has 0 aliphatic rings. The van der Waals surface area contributed by atoms with E-state index in [0.717, 1.165) is 12.3 Å². The maximum atomic E-state index is 12.9. The van der Waals surface area contributed by atoms with Gasteiger partial charge in [0.1, 0.15) is 21.5 Å². The summed E-state index contributed by atoms with van der Waals surface area (Å²) in [7, 11) is -1.51. The Morgan fingerprint density at radius 2 is 1.76 bits per heavy atom. The van der Waals surface area contributed by atoms with Crippen molar-refractivity contribution < 1.29 is 17.2 Å². The van der Waals surface area contributed by atoms with E-state index in [2.05, 4.69) is 5.32 Å². The lowest BCUT2D eigenvalue weighted by molar-refractivity contribution is 0.557. The second kappa shape index (κ2) is 5.55. The van der Waals surface area contributed by atoms with Gasteiger partial charge in [0.15, 0.2) is 0 Å². The predicted octanol–water partition coefficient (Wildman–Crippen LogP) is 1.14. The van der Waals surface area contributed by atoms with Gasteiger partial charge in [-0.2, -0.15) is 0 Å². The average Bonchev–Trinajstić information content (AvgIpc) is 2.12. The zero-order valence-corrected chi connectivity index (χ0v) is 10.5. The number of sulfone groups is 1. The highest BCUT2D eigenvalue weighted by atomic mass is 32.2. The van der Waals surface area contributed by atoms with Gasteiger partial charge in [-0.05, 0) is 31.2 Å². The van der Waals surface area contributed by atoms with Crippen LogP contribution in [-0.2, 0) is 16.3 Å². The van der Waals surface area contributed by atoms with Crippen molar-refractivity contribution in [3.63, 3.8) is 0 Å². The van der Waals surface area contributed by atoms with E-state index in [1.54, 1.807) is 7.05 Å². The summed E-state index contributed by atoms with van der Waals surface area (Å²) < 4.78 is 48.2. The van der Waals surface area contributed by atoms with Crippen molar-refractivity contribution in [2.24, 2.45) is 0 Å². The Bertz CT molecular complexity index is 468. The molecule has 0 spiro atoms. The Kier molecular flexibility index (Phi) is 4.59. The SMILES string of the molecule is CNC(Cc1cc(F)cc(F)c1)CS(C)(=O)=O. The summed E-state index contributed by atoms with van der Waals surface area (Å²) in [6, 6.07) is 2.84. The molecule has 96 valence electrons. The molecular weight excluding hydrogens is 248 g/mol. The maximum absolute atomic E-state index is 12.9. The molecule has 0 heterocycles. The minimum absolute atomic E-state index is 0.0678. The first-order chi connectivity index (χ1) is 7.80. The van der Waals surface area contributed by atoms with Crippen LogP contribution in [0.4, 0.5) is 8.78 Å². The van der Waals surface area contributed by atoms with E-state index in [-0.39, 0.29) is 18.2 Å². The van der Waals surface area contributed by atoms with Crippen LogP contribution in [0.1, 0.15) is 5.56 Å². The Morgan fingerprint density at radius 3 is 2.18 bits per heavy atom. The van der Waals surface area contributed by atoms with Gasteiger partial charge in [-0.15, -0.1) is 0 Å². The number of rotatable bonds is 5. The van der Waals surface area contributed by atoms with Gasteiger partial charge in [0.05, 0.1) is 5.75 Å². The Morgan fingerprint density at radius 1 is 1.24 bits per heavy atom. The quantitative estimate of drug-likeness (QED) is 0.866. The second-order valence-electron chi connectivity index (χ2n) is 4.06. The minimum atomic E-state index is -3.13. The molecule has 17 heavy (non-hydrogen) atoms. The van der Waals surface area contributed by atoms with Crippen LogP contribution < -0.4 is 5.32 Å². The standard InChI is InChI=1S/C11H15F2NO2S/c1-14-11(7-17(2,15)16)5-8-3-9(12)6-10(13)4-8/h3-4,6,11,14H,5,7H2,1-2H3. The lowest BCUT2D eigenvalue weighted by Crippen LogP contribution is -2.34. The molecule has 1 unspecified atom stereocenters. The van der Waals surface area contributed by atoms with Crippen LogP contribution in [0.2, 0.25) is 0 Å². The monoisotopic (exact) mass is 263 g/mol. The van der Waals surface area contributed by atoms with Gasteiger partial charge in [-0.25, -0.2) is 17.2 Å². The third kappa shape index (κ3) is 5.23. The fourth-order valence-electron chi connectivity index (χ4n) is 1.62. The minimum Gasteiger partial charge on any atom is -0.316 e. The van der Waals surface area contributed by atoms with Crippen molar-refractivity contribution in [1.29, 1.82) is 0 Å². The molecule has 0 aliphatic carbocycles. The summed E-state index contributed by atoms with van der Waals surface area (Å²) in [6.07, 6.45) is 1.39. The van der Waals surface area contributed by atoms with Gasteiger partial charge in [0, 0.05) is 18.4 Å². The highest BCUT2D eigenvalue weighted by molar-refractivity contribution is 7.90. The normalized spacial score (nSPS) is 13.6. The Labute approximate surface area is 99.8 Å². The van der Waals surface area contributed by atoms with E-state index in [9.17, 15) is 17.2 Å². The van der Waals surface area contributed by atoms with Gasteiger partial charge < -0.3 is 5.32 Å². The van der Waals surface area contributed by atoms with E-state index in [0.29, 0.717) is 5.56 Å². The van der Waals surface area contributed by atoms with Crippen molar-refractivity contribution in [2.45, 2.75) is 12.5 Å². The molecule has 1 atom stereocenters. The van der Waals surface area contributed by atoms with Crippen LogP contribution in [0.25, 0.3) is 0 Å². The van der Waals surface area contributed by atoms with E-state index in [1.165, 1.54) is 12.1 Å². The second-order valence-corrected chi connectivity index (χ2v) is 6.24. The van der Waals surface area contributed by atoms with Gasteiger partial charge in [-0.1, -0.05) is 0 Å². The van der Waals surface area contributed by atoms with Gasteiger partial charge in [0.25, 0.3) is 0 Å². The molecular formula is C11H15F2NO2S. The number of benzene rings is 1. The summed E-state index contributed by atoms with van der Waals surface area (Å²) in [4.78, 5) is 0. The summed E-state index contributed by atoms with van der Waals surface area (Å²) >= 11 is 0. The maximum Gasteiger partial charge on any atom is 0.148 e. The number of hydrogen-bond donors (Lipinski definition) is 1. The molecule has 1 aromatic rings. The van der Waals surface area contributed by atoms with E-state index in [4.69, 9.17) is 0 Å². The molecule has 0 saturated carbocycles. The lowest BCUT2D eigenvalue weighted by atomic mass is 10.1. The van der Waals surface area contributed by atoms with E-state index >= 15 is 0 Å². The van der Waals surface area contributed by atoms with Crippen LogP contribution in [0.15, 0.2) is 18.2 Å². The molecule has 0 saturated heterocycles. The first-order valence-corrected chi connectivity index (χ1v) is 7.16. The van der Waals surface area contributed by atoms with Crippen molar-refractivity contribution in [1.82, 2.24) is 5.32 Å². The van der Waals surface area contributed by atoms with Gasteiger partial charge in [0.2, 0.25) is 0 Å². The van der Waals surface area contributed by atoms with Gasteiger partial charge >= 0.3 is 0 Å². The highest BCUT2D eigenvalue weighted by Crippen LogP contribution is 2.10. The van der Waals surface area contributed by atoms with Crippen molar-refractivity contribution in [2.75, 3.05) is 19.1 Å². The zero-order valence-electron chi connectivity index (χ0n) is 9.70. The molecule has 0 aromatic heterocycles. The molecule has 0 amide bonds. The number of likely N-dealkylation sites (N-methyl/N-ethyl adjacent to an activating group) is 1. The first kappa shape index (κ1) is 14.1. The summed E-state index contributed by atoms with van der Waals surface area (Å²) in [5.74, 6) is -1.38. The third-order valence-corrected chi connectivity index (χ3v) is 3.32. The molecule has 0 fully saturated rings. The average molecular weight is 263 g/mol. The van der Waals surface area contributed by atoms with E-state index in [1.807, 2.05) is 0 Å². The zero-order chi connectivity index (χ0) is 13.1. The molecule has 3 nitrogen and oxygen atoms in total. The Hall–Kier alpha value is -1.01. The Balaban J connectivity index is 2.80. The van der Waals surface area contributed by atoms with Crippen LogP contribution in [0.3, 0.4) is 0 Å². The fraction of sp³-hybridized carbons (Fsp3) is 0.455. The smallest absolute Gasteiger partial charge is 0.148 e. The highest BCUT2D eigenvalue weighted by Gasteiger charge is 2.14. The number of halogens is 2. The largest absolute Gasteiger partial charge is 0.316 e. The molecule has 1 rings (SSSR count). The number of nitrogens with one attached hydrogen (secondary N) is 1. The molecule has 1 N–H and O–H groups in total. The van der Waals surface area contributed by atoms with E-state index < -0.39 is 21.5 Å². The summed E-state index contributed by atoms with van der Waals surface area (Å²) in [5, 5.41) is 2.82. The molecule has 0 aliphatic heterocycles. The van der Waals surface area contributed by atoms with Crippen LogP contribution in [0, 0.1) is 11.6 Å². The topological polar surface area (TPSA) is 46.2 Å². The van der Waals surface area contributed by atoms with Crippen LogP contribution in [-0.4, -0.2) is 33.5 Å². The molecule has 0 radical (unpaired) electrons. The lowest BCUT2D eigenvalue weighted by Gasteiger charge is -2.15. The van der Waals surface area contributed by atoms with Crippen LogP contribution in [0.5, 0.6) is 0 Å². The predicted molar refractivity (Wildman–Crippen MR) is 62.6 cm³/mol. The number of hydrogen-bond acceptors (Lipinski definition) is 3. The third-order valence-electron chi connectivity index (χ3n) is 2.32. The first-order valence-electron chi connectivity index (χ1n) is 5.10. The van der Waals surface area contributed by atoms with Crippen molar-refractivity contribution >= 4 is 9.84 Å². The molecule has 0 bridgehead atoms. The van der Waals surface area contributed by atoms with Crippen LogP contribution >= 0.6 is 0 Å². The summed E-state index contributed by atoms with van der Waals surface area (Å²) in [5.41, 5.74) is 0.436. The summed E-state index contributed by atoms with van der Waals surface area (Å²) in [6.45, 7) is 0.